The largest absolute Gasteiger partial charge is 0.393 e. The molecule has 1 unspecified atom stereocenters. The van der Waals surface area contributed by atoms with Crippen molar-refractivity contribution in [1.29, 1.82) is 0 Å². The van der Waals surface area contributed by atoms with Crippen molar-refractivity contribution in [3.63, 3.8) is 0 Å². The third-order valence-electron chi connectivity index (χ3n) is 8.07. The average molecular weight is 376 g/mol. The van der Waals surface area contributed by atoms with E-state index < -0.39 is 41.0 Å². The summed E-state index contributed by atoms with van der Waals surface area (Å²) in [7, 11) is 0. The minimum absolute atomic E-state index is 0.0133. The highest BCUT2D eigenvalue weighted by molar-refractivity contribution is 6.01. The second-order valence-electron chi connectivity index (χ2n) is 9.37. The van der Waals surface area contributed by atoms with Crippen LogP contribution >= 0.6 is 0 Å². The molecule has 4 N–H and O–H groups in total. The van der Waals surface area contributed by atoms with Gasteiger partial charge >= 0.3 is 0 Å². The van der Waals surface area contributed by atoms with Crippen LogP contribution in [-0.2, 0) is 9.59 Å². The van der Waals surface area contributed by atoms with Gasteiger partial charge in [0.1, 0.15) is 0 Å². The van der Waals surface area contributed by atoms with Gasteiger partial charge in [-0.05, 0) is 49.7 Å². The number of aliphatic hydroxyl groups is 4. The first-order chi connectivity index (χ1) is 12.6. The Bertz CT molecular complexity index is 756. The molecule has 0 amide bonds. The molecule has 3 fully saturated rings. The summed E-state index contributed by atoms with van der Waals surface area (Å²) in [5.74, 6) is -0.961. The molecular weight excluding hydrogens is 348 g/mol. The summed E-state index contributed by atoms with van der Waals surface area (Å²) in [5, 5.41) is 41.7. The molecule has 148 valence electrons. The van der Waals surface area contributed by atoms with E-state index in [4.69, 9.17) is 0 Å². The van der Waals surface area contributed by atoms with Gasteiger partial charge in [0.05, 0.1) is 18.8 Å². The minimum Gasteiger partial charge on any atom is -0.393 e. The number of aliphatic hydroxyl groups excluding tert-OH is 3. The zero-order chi connectivity index (χ0) is 19.8. The predicted octanol–water partition coefficient (Wildman–Crippen LogP) is 0.528. The number of Topliss-reactive ketones (excluding diaryl/α,β-unsaturated/α-hetero) is 1. The highest BCUT2D eigenvalue weighted by Gasteiger charge is 2.66. The average Bonchev–Trinajstić information content (AvgIpc) is 2.62. The Hall–Kier alpha value is -1.34. The molecule has 4 rings (SSSR count). The fourth-order valence-corrected chi connectivity index (χ4v) is 6.63. The molecule has 0 radical (unpaired) electrons. The fourth-order valence-electron chi connectivity index (χ4n) is 6.63. The highest BCUT2D eigenvalue weighted by Crippen LogP contribution is 2.63. The Balaban J connectivity index is 1.76. The Labute approximate surface area is 158 Å². The molecule has 0 aromatic rings. The third-order valence-corrected chi connectivity index (χ3v) is 8.07. The van der Waals surface area contributed by atoms with E-state index in [0.29, 0.717) is 6.42 Å². The standard InChI is InChI=1S/C21H28O6/c1-19-6-5-12(23)7-11(19)3-4-13-14-8-16(25)21(27,10-22)18(26)20(14,2)9-15(24)17(13)19/h5-7,13-17,22,24-25,27H,3-4,8-10H2,1-2H3/t13-,14-,15-,16+,17?,19-,20-,21+/m0/s1. The van der Waals surface area contributed by atoms with Crippen LogP contribution in [0.5, 0.6) is 0 Å². The van der Waals surface area contributed by atoms with Gasteiger partial charge < -0.3 is 20.4 Å². The zero-order valence-corrected chi connectivity index (χ0v) is 15.8. The van der Waals surface area contributed by atoms with Gasteiger partial charge in [0.2, 0.25) is 0 Å². The molecule has 4 aliphatic carbocycles. The monoisotopic (exact) mass is 376 g/mol. The zero-order valence-electron chi connectivity index (χ0n) is 15.8. The lowest BCUT2D eigenvalue weighted by Crippen LogP contribution is -2.69. The van der Waals surface area contributed by atoms with Crippen molar-refractivity contribution in [2.45, 2.75) is 57.3 Å². The highest BCUT2D eigenvalue weighted by atomic mass is 16.4. The Morgan fingerprint density at radius 2 is 1.93 bits per heavy atom. The van der Waals surface area contributed by atoms with Gasteiger partial charge in [0, 0.05) is 16.7 Å². The second kappa shape index (κ2) is 5.83. The van der Waals surface area contributed by atoms with E-state index in [1.807, 2.05) is 13.0 Å². The molecule has 6 nitrogen and oxygen atoms in total. The molecule has 0 aromatic heterocycles. The summed E-state index contributed by atoms with van der Waals surface area (Å²) in [6.07, 6.45) is 4.84. The van der Waals surface area contributed by atoms with E-state index >= 15 is 0 Å². The molecule has 0 heterocycles. The van der Waals surface area contributed by atoms with Crippen molar-refractivity contribution >= 4 is 11.6 Å². The normalized spacial score (nSPS) is 51.9. The number of hydrogen-bond donors (Lipinski definition) is 4. The van der Waals surface area contributed by atoms with E-state index in [2.05, 4.69) is 0 Å². The summed E-state index contributed by atoms with van der Waals surface area (Å²) in [5.41, 5.74) is -2.59. The number of rotatable bonds is 1. The summed E-state index contributed by atoms with van der Waals surface area (Å²) in [4.78, 5) is 24.9. The molecule has 0 spiro atoms. The summed E-state index contributed by atoms with van der Waals surface area (Å²) in [6, 6.07) is 0. The third kappa shape index (κ3) is 2.33. The smallest absolute Gasteiger partial charge is 0.178 e. The van der Waals surface area contributed by atoms with Gasteiger partial charge in [-0.25, -0.2) is 0 Å². The van der Waals surface area contributed by atoms with Crippen LogP contribution in [-0.4, -0.2) is 56.4 Å². The molecule has 27 heavy (non-hydrogen) atoms. The lowest BCUT2D eigenvalue weighted by atomic mass is 9.43. The lowest BCUT2D eigenvalue weighted by molar-refractivity contribution is -0.209. The molecule has 4 aliphatic rings. The fraction of sp³-hybridized carbons (Fsp3) is 0.714. The molecule has 0 bridgehead atoms. The molecule has 6 heteroatoms. The number of carbonyl (C=O) groups excluding carboxylic acids is 2. The quantitative estimate of drug-likeness (QED) is 0.531. The summed E-state index contributed by atoms with van der Waals surface area (Å²) < 4.78 is 0. The minimum atomic E-state index is -2.17. The molecule has 0 saturated heterocycles. The first-order valence-electron chi connectivity index (χ1n) is 9.76. The van der Waals surface area contributed by atoms with Crippen molar-refractivity contribution in [3.05, 3.63) is 23.8 Å². The van der Waals surface area contributed by atoms with Crippen LogP contribution < -0.4 is 0 Å². The topological polar surface area (TPSA) is 115 Å². The molecule has 0 aliphatic heterocycles. The van der Waals surface area contributed by atoms with Gasteiger partial charge in [0.25, 0.3) is 0 Å². The van der Waals surface area contributed by atoms with Crippen LogP contribution in [0, 0.1) is 28.6 Å². The van der Waals surface area contributed by atoms with Crippen molar-refractivity contribution in [2.24, 2.45) is 28.6 Å². The summed E-state index contributed by atoms with van der Waals surface area (Å²) >= 11 is 0. The van der Waals surface area contributed by atoms with E-state index in [1.165, 1.54) is 0 Å². The maximum Gasteiger partial charge on any atom is 0.178 e. The Morgan fingerprint density at radius 3 is 2.59 bits per heavy atom. The first-order valence-corrected chi connectivity index (χ1v) is 9.76. The van der Waals surface area contributed by atoms with Crippen LogP contribution in [0.3, 0.4) is 0 Å². The maximum atomic E-state index is 13.1. The van der Waals surface area contributed by atoms with Gasteiger partial charge in [-0.1, -0.05) is 25.5 Å². The second-order valence-corrected chi connectivity index (χ2v) is 9.37. The van der Waals surface area contributed by atoms with Gasteiger partial charge in [-0.3, -0.25) is 9.59 Å². The van der Waals surface area contributed by atoms with Gasteiger partial charge in [0.15, 0.2) is 17.2 Å². The molecular formula is C21H28O6. The van der Waals surface area contributed by atoms with E-state index in [1.54, 1.807) is 19.1 Å². The number of allylic oxidation sites excluding steroid dienone is 4. The van der Waals surface area contributed by atoms with Crippen LogP contribution in [0.2, 0.25) is 0 Å². The van der Waals surface area contributed by atoms with Crippen molar-refractivity contribution < 1.29 is 30.0 Å². The maximum absolute atomic E-state index is 13.1. The number of hydrogen-bond acceptors (Lipinski definition) is 6. The number of fused-ring (bicyclic) bond motifs is 5. The van der Waals surface area contributed by atoms with Crippen LogP contribution in [0.1, 0.15) is 39.5 Å². The molecule has 0 aromatic carbocycles. The van der Waals surface area contributed by atoms with Gasteiger partial charge in [-0.2, -0.15) is 0 Å². The Morgan fingerprint density at radius 1 is 1.22 bits per heavy atom. The number of carbonyl (C=O) groups is 2. The summed E-state index contributed by atoms with van der Waals surface area (Å²) in [6.45, 7) is 2.96. The predicted molar refractivity (Wildman–Crippen MR) is 96.4 cm³/mol. The van der Waals surface area contributed by atoms with Crippen molar-refractivity contribution in [2.75, 3.05) is 6.61 Å². The van der Waals surface area contributed by atoms with E-state index in [-0.39, 0.29) is 36.4 Å². The van der Waals surface area contributed by atoms with Gasteiger partial charge in [-0.15, -0.1) is 0 Å². The Kier molecular flexibility index (Phi) is 4.10. The molecule has 8 atom stereocenters. The van der Waals surface area contributed by atoms with Crippen molar-refractivity contribution in [1.82, 2.24) is 0 Å². The van der Waals surface area contributed by atoms with E-state index in [9.17, 15) is 30.0 Å². The lowest BCUT2D eigenvalue weighted by Gasteiger charge is -2.62. The van der Waals surface area contributed by atoms with Crippen LogP contribution in [0.15, 0.2) is 23.8 Å². The molecule has 3 saturated carbocycles. The van der Waals surface area contributed by atoms with Crippen LogP contribution in [0.25, 0.3) is 0 Å². The first kappa shape index (κ1) is 19.0. The number of ketones is 2. The SMILES string of the molecule is C[C@]12C=CC(=O)C=C1CC[C@@H]1C2[C@@H](O)C[C@]2(C)C(=O)[C@@](O)(CO)[C@H](O)C[C@@H]12. The van der Waals surface area contributed by atoms with Crippen molar-refractivity contribution in [3.8, 4) is 0 Å². The van der Waals surface area contributed by atoms with Crippen LogP contribution in [0.4, 0.5) is 0 Å². The van der Waals surface area contributed by atoms with E-state index in [0.717, 1.165) is 12.0 Å².